The second-order valence-corrected chi connectivity index (χ2v) is 7.30. The van der Waals surface area contributed by atoms with Gasteiger partial charge in [0.2, 0.25) is 0 Å². The normalized spacial score (nSPS) is 10.3. The van der Waals surface area contributed by atoms with Crippen LogP contribution in [0.3, 0.4) is 0 Å². The Hall–Kier alpha value is -2.25. The number of hydrogen-bond donors (Lipinski definition) is 2. The zero-order chi connectivity index (χ0) is 20.0. The summed E-state index contributed by atoms with van der Waals surface area (Å²) < 4.78 is 11.9. The Kier molecular flexibility index (Phi) is 7.50. The zero-order valence-corrected chi connectivity index (χ0v) is 17.5. The maximum absolute atomic E-state index is 11.9. The van der Waals surface area contributed by atoms with Gasteiger partial charge >= 0.3 is 0 Å². The van der Waals surface area contributed by atoms with Gasteiger partial charge in [-0.05, 0) is 67.8 Å². The van der Waals surface area contributed by atoms with Crippen LogP contribution in [0.4, 0.5) is 0 Å². The Morgan fingerprint density at radius 3 is 2.04 bits per heavy atom. The molecular weight excluding hydrogens is 436 g/mol. The Morgan fingerprint density at radius 2 is 1.48 bits per heavy atom. The number of rotatable bonds is 6. The van der Waals surface area contributed by atoms with E-state index in [1.165, 1.54) is 0 Å². The standard InChI is InChI=1S/C19H20BrClN2O4/c1-11-8-15(21)4-5-16(11)26-9-17(24)22-23-18(25)10-27-19-12(2)6-14(20)7-13(19)3/h4-8H,9-10H2,1-3H3,(H,22,24)(H,23,25). The molecule has 2 amide bonds. The lowest BCUT2D eigenvalue weighted by molar-refractivity contribution is -0.131. The molecule has 0 saturated carbocycles. The number of benzene rings is 2. The zero-order valence-electron chi connectivity index (χ0n) is 15.2. The van der Waals surface area contributed by atoms with Crippen LogP contribution in [0.25, 0.3) is 0 Å². The van der Waals surface area contributed by atoms with Crippen LogP contribution in [0.2, 0.25) is 5.02 Å². The van der Waals surface area contributed by atoms with E-state index in [9.17, 15) is 9.59 Å². The molecule has 2 rings (SSSR count). The van der Waals surface area contributed by atoms with Crippen molar-refractivity contribution in [2.75, 3.05) is 13.2 Å². The largest absolute Gasteiger partial charge is 0.483 e. The molecule has 0 aliphatic heterocycles. The fourth-order valence-electron chi connectivity index (χ4n) is 2.39. The number of hydrogen-bond acceptors (Lipinski definition) is 4. The van der Waals surface area contributed by atoms with Crippen LogP contribution >= 0.6 is 27.5 Å². The number of aryl methyl sites for hydroxylation is 3. The molecule has 0 aliphatic carbocycles. The molecular formula is C19H20BrClN2O4. The van der Waals surface area contributed by atoms with Crippen molar-refractivity contribution in [3.05, 3.63) is 56.5 Å². The summed E-state index contributed by atoms with van der Waals surface area (Å²) in [6.07, 6.45) is 0. The minimum Gasteiger partial charge on any atom is -0.483 e. The predicted molar refractivity (Wildman–Crippen MR) is 107 cm³/mol. The number of ether oxygens (including phenoxy) is 2. The summed E-state index contributed by atoms with van der Waals surface area (Å²) in [5, 5.41) is 0.591. The molecule has 0 heterocycles. The van der Waals surface area contributed by atoms with E-state index in [1.807, 2.05) is 32.9 Å². The third-order valence-electron chi connectivity index (χ3n) is 3.61. The van der Waals surface area contributed by atoms with E-state index < -0.39 is 11.8 Å². The Balaban J connectivity index is 1.76. The van der Waals surface area contributed by atoms with Gasteiger partial charge < -0.3 is 9.47 Å². The molecule has 0 fully saturated rings. The third-order valence-corrected chi connectivity index (χ3v) is 4.30. The fraction of sp³-hybridized carbons (Fsp3) is 0.263. The van der Waals surface area contributed by atoms with E-state index in [0.717, 1.165) is 21.2 Å². The van der Waals surface area contributed by atoms with Crippen molar-refractivity contribution in [1.29, 1.82) is 0 Å². The summed E-state index contributed by atoms with van der Waals surface area (Å²) in [4.78, 5) is 23.7. The van der Waals surface area contributed by atoms with E-state index in [0.29, 0.717) is 16.5 Å². The topological polar surface area (TPSA) is 76.7 Å². The Morgan fingerprint density at radius 1 is 0.926 bits per heavy atom. The molecule has 6 nitrogen and oxygen atoms in total. The molecule has 144 valence electrons. The fourth-order valence-corrected chi connectivity index (χ4v) is 3.31. The minimum absolute atomic E-state index is 0.221. The van der Waals surface area contributed by atoms with E-state index in [1.54, 1.807) is 18.2 Å². The van der Waals surface area contributed by atoms with Crippen molar-refractivity contribution < 1.29 is 19.1 Å². The van der Waals surface area contributed by atoms with Gasteiger partial charge in [0.25, 0.3) is 11.8 Å². The number of carbonyl (C=O) groups excluding carboxylic acids is 2. The van der Waals surface area contributed by atoms with Crippen LogP contribution in [0.15, 0.2) is 34.8 Å². The first-order valence-corrected chi connectivity index (χ1v) is 9.29. The number of carbonyl (C=O) groups is 2. The maximum atomic E-state index is 11.9. The average molecular weight is 456 g/mol. The average Bonchev–Trinajstić information content (AvgIpc) is 2.58. The molecule has 0 aromatic heterocycles. The van der Waals surface area contributed by atoms with Crippen LogP contribution in [0.5, 0.6) is 11.5 Å². The van der Waals surface area contributed by atoms with E-state index >= 15 is 0 Å². The smallest absolute Gasteiger partial charge is 0.276 e. The molecule has 0 spiro atoms. The summed E-state index contributed by atoms with van der Waals surface area (Å²) in [6, 6.07) is 8.89. The van der Waals surface area contributed by atoms with Crippen LogP contribution in [0.1, 0.15) is 16.7 Å². The number of nitrogens with one attached hydrogen (secondary N) is 2. The van der Waals surface area contributed by atoms with Gasteiger partial charge in [-0.15, -0.1) is 0 Å². The quantitative estimate of drug-likeness (QED) is 0.652. The van der Waals surface area contributed by atoms with E-state index in [-0.39, 0.29) is 13.2 Å². The first-order chi connectivity index (χ1) is 12.8. The number of hydrazine groups is 1. The predicted octanol–water partition coefficient (Wildman–Crippen LogP) is 3.63. The van der Waals surface area contributed by atoms with Crippen molar-refractivity contribution in [2.24, 2.45) is 0 Å². The molecule has 8 heteroatoms. The molecule has 0 saturated heterocycles. The number of amides is 2. The molecule has 0 radical (unpaired) electrons. The first kappa shape index (κ1) is 21.1. The summed E-state index contributed by atoms with van der Waals surface area (Å²) in [5.74, 6) is 0.216. The molecule has 27 heavy (non-hydrogen) atoms. The van der Waals surface area contributed by atoms with Crippen molar-refractivity contribution in [2.45, 2.75) is 20.8 Å². The van der Waals surface area contributed by atoms with Crippen LogP contribution < -0.4 is 20.3 Å². The first-order valence-electron chi connectivity index (χ1n) is 8.12. The Labute approximate surface area is 171 Å². The van der Waals surface area contributed by atoms with Crippen LogP contribution in [0, 0.1) is 20.8 Å². The van der Waals surface area contributed by atoms with Crippen molar-refractivity contribution >= 4 is 39.3 Å². The number of halogens is 2. The van der Waals surface area contributed by atoms with Gasteiger partial charge in [-0.2, -0.15) is 0 Å². The molecule has 0 bridgehead atoms. The summed E-state index contributed by atoms with van der Waals surface area (Å²) in [6.45, 7) is 5.14. The molecule has 0 unspecified atom stereocenters. The molecule has 0 atom stereocenters. The van der Waals surface area contributed by atoms with Gasteiger partial charge in [-0.3, -0.25) is 20.4 Å². The maximum Gasteiger partial charge on any atom is 0.276 e. The van der Waals surface area contributed by atoms with Gasteiger partial charge in [-0.25, -0.2) is 0 Å². The van der Waals surface area contributed by atoms with Crippen molar-refractivity contribution in [3.8, 4) is 11.5 Å². The van der Waals surface area contributed by atoms with Crippen LogP contribution in [-0.2, 0) is 9.59 Å². The minimum atomic E-state index is -0.492. The second kappa shape index (κ2) is 9.62. The highest BCUT2D eigenvalue weighted by molar-refractivity contribution is 9.10. The van der Waals surface area contributed by atoms with Crippen LogP contribution in [-0.4, -0.2) is 25.0 Å². The highest BCUT2D eigenvalue weighted by Gasteiger charge is 2.10. The molecule has 2 aromatic carbocycles. The highest BCUT2D eigenvalue weighted by atomic mass is 79.9. The molecule has 2 N–H and O–H groups in total. The van der Waals surface area contributed by atoms with Gasteiger partial charge in [-0.1, -0.05) is 27.5 Å². The molecule has 0 aliphatic rings. The van der Waals surface area contributed by atoms with E-state index in [2.05, 4.69) is 26.8 Å². The lowest BCUT2D eigenvalue weighted by Crippen LogP contribution is -2.45. The molecule has 2 aromatic rings. The SMILES string of the molecule is Cc1cc(Cl)ccc1OCC(=O)NNC(=O)COc1c(C)cc(Br)cc1C. The third kappa shape index (κ3) is 6.45. The lowest BCUT2D eigenvalue weighted by atomic mass is 10.1. The summed E-state index contributed by atoms with van der Waals surface area (Å²) in [5.41, 5.74) is 7.20. The summed E-state index contributed by atoms with van der Waals surface area (Å²) in [7, 11) is 0. The van der Waals surface area contributed by atoms with Gasteiger partial charge in [0.15, 0.2) is 13.2 Å². The van der Waals surface area contributed by atoms with Gasteiger partial charge in [0.05, 0.1) is 0 Å². The highest BCUT2D eigenvalue weighted by Crippen LogP contribution is 2.27. The monoisotopic (exact) mass is 454 g/mol. The van der Waals surface area contributed by atoms with Crippen molar-refractivity contribution in [3.63, 3.8) is 0 Å². The van der Waals surface area contributed by atoms with Gasteiger partial charge in [0.1, 0.15) is 11.5 Å². The van der Waals surface area contributed by atoms with E-state index in [4.69, 9.17) is 21.1 Å². The summed E-state index contributed by atoms with van der Waals surface area (Å²) >= 11 is 9.28. The van der Waals surface area contributed by atoms with Gasteiger partial charge in [0, 0.05) is 9.50 Å². The van der Waals surface area contributed by atoms with Crippen molar-refractivity contribution in [1.82, 2.24) is 10.9 Å². The second-order valence-electron chi connectivity index (χ2n) is 5.95. The Bertz CT molecular complexity index is 835. The lowest BCUT2D eigenvalue weighted by Gasteiger charge is -2.13.